The number of ether oxygens (including phenoxy) is 1. The minimum absolute atomic E-state index is 0.212. The second-order valence-electron chi connectivity index (χ2n) is 9.10. The average molecular weight is 541 g/mol. The van der Waals surface area contributed by atoms with Crippen molar-refractivity contribution in [2.45, 2.75) is 19.0 Å². The lowest BCUT2D eigenvalue weighted by atomic mass is 10.1. The summed E-state index contributed by atoms with van der Waals surface area (Å²) in [7, 11) is 0. The van der Waals surface area contributed by atoms with Crippen LogP contribution in [-0.4, -0.2) is 63.4 Å². The number of amides is 2. The van der Waals surface area contributed by atoms with Crippen molar-refractivity contribution in [2.75, 3.05) is 49.2 Å². The van der Waals surface area contributed by atoms with E-state index in [0.717, 1.165) is 80.8 Å². The third-order valence-electron chi connectivity index (χ3n) is 6.45. The summed E-state index contributed by atoms with van der Waals surface area (Å²) in [6.07, 6.45) is -0.358. The van der Waals surface area contributed by atoms with Crippen molar-refractivity contribution in [1.82, 2.24) is 24.5 Å². The number of morpholine rings is 1. The zero-order valence-electron chi connectivity index (χ0n) is 20.9. The summed E-state index contributed by atoms with van der Waals surface area (Å²) in [6, 6.07) is 9.95. The average Bonchev–Trinajstić information content (AvgIpc) is 3.29. The summed E-state index contributed by atoms with van der Waals surface area (Å²) in [5.41, 5.74) is 9.19. The van der Waals surface area contributed by atoms with E-state index in [9.17, 15) is 18.0 Å². The van der Waals surface area contributed by atoms with Gasteiger partial charge in [0.2, 0.25) is 0 Å². The van der Waals surface area contributed by atoms with E-state index in [1.54, 1.807) is 12.1 Å². The molecular weight excluding hydrogens is 513 g/mol. The summed E-state index contributed by atoms with van der Waals surface area (Å²) in [5, 5.41) is 9.34. The van der Waals surface area contributed by atoms with Gasteiger partial charge in [0.05, 0.1) is 18.8 Å². The van der Waals surface area contributed by atoms with Crippen LogP contribution in [0.2, 0.25) is 0 Å². The number of urea groups is 1. The van der Waals surface area contributed by atoms with Gasteiger partial charge in [0.25, 0.3) is 0 Å². The van der Waals surface area contributed by atoms with E-state index in [1.807, 2.05) is 22.7 Å². The van der Waals surface area contributed by atoms with Crippen LogP contribution in [0.5, 0.6) is 0 Å². The van der Waals surface area contributed by atoms with Gasteiger partial charge < -0.3 is 15.8 Å². The van der Waals surface area contributed by atoms with E-state index in [0.29, 0.717) is 17.0 Å². The third kappa shape index (κ3) is 6.26. The number of halogens is 3. The normalized spacial score (nSPS) is 14.4. The highest BCUT2D eigenvalue weighted by molar-refractivity contribution is 5.99. The number of nitrogens with one attached hydrogen (secondary N) is 2. The highest BCUT2D eigenvalue weighted by Gasteiger charge is 2.30. The number of hydrogen-bond donors (Lipinski definition) is 3. The molecule has 0 unspecified atom stereocenters. The standard InChI is InChI=1S/C26H27F3N8O2/c27-26(28,29)18-7-8-31-22(14-18)35-25(38)34-19-5-3-17(4-6-19)21-15-20(37-23(21)24(30)32-16-33-37)2-1-9-36-10-12-39-13-11-36/h3-8,14-16H,1-2,9-13H2,(H2,30,32,33)(H2,31,34,35,38). The van der Waals surface area contributed by atoms with Crippen molar-refractivity contribution in [3.05, 3.63) is 66.2 Å². The molecular formula is C26H27F3N8O2. The smallest absolute Gasteiger partial charge is 0.382 e. The summed E-state index contributed by atoms with van der Waals surface area (Å²) in [4.78, 5) is 22.7. The lowest BCUT2D eigenvalue weighted by Crippen LogP contribution is -2.37. The predicted molar refractivity (Wildman–Crippen MR) is 140 cm³/mol. The summed E-state index contributed by atoms with van der Waals surface area (Å²) in [6.45, 7) is 4.35. The van der Waals surface area contributed by atoms with Crippen molar-refractivity contribution < 1.29 is 22.7 Å². The molecule has 0 radical (unpaired) electrons. The number of hydrogen-bond acceptors (Lipinski definition) is 7. The molecule has 4 aromatic rings. The maximum atomic E-state index is 12.9. The molecule has 0 aliphatic carbocycles. The summed E-state index contributed by atoms with van der Waals surface area (Å²) in [5.74, 6) is 0.144. The number of nitrogens with two attached hydrogens (primary N) is 1. The molecule has 204 valence electrons. The quantitative estimate of drug-likeness (QED) is 0.319. The summed E-state index contributed by atoms with van der Waals surface area (Å²) < 4.78 is 46.0. The molecule has 1 aromatic carbocycles. The van der Waals surface area contributed by atoms with E-state index >= 15 is 0 Å². The van der Waals surface area contributed by atoms with Crippen LogP contribution in [0.1, 0.15) is 17.7 Å². The minimum Gasteiger partial charge on any atom is -0.382 e. The van der Waals surface area contributed by atoms with Crippen LogP contribution < -0.4 is 16.4 Å². The third-order valence-corrected chi connectivity index (χ3v) is 6.45. The topological polar surface area (TPSA) is 123 Å². The fourth-order valence-corrected chi connectivity index (χ4v) is 4.53. The van der Waals surface area contributed by atoms with E-state index in [1.165, 1.54) is 6.33 Å². The fourth-order valence-electron chi connectivity index (χ4n) is 4.53. The van der Waals surface area contributed by atoms with Gasteiger partial charge in [0, 0.05) is 36.2 Å². The first-order chi connectivity index (χ1) is 18.8. The first-order valence-electron chi connectivity index (χ1n) is 12.4. The molecule has 1 aliphatic heterocycles. The number of pyridine rings is 1. The first-order valence-corrected chi connectivity index (χ1v) is 12.4. The molecule has 4 N–H and O–H groups in total. The Morgan fingerprint density at radius 1 is 1.05 bits per heavy atom. The number of aromatic nitrogens is 4. The molecule has 0 saturated carbocycles. The molecule has 39 heavy (non-hydrogen) atoms. The van der Waals surface area contributed by atoms with Gasteiger partial charge in [-0.05, 0) is 55.3 Å². The second kappa shape index (κ2) is 11.3. The number of nitrogens with zero attached hydrogens (tertiary/aromatic N) is 5. The van der Waals surface area contributed by atoms with Crippen molar-refractivity contribution in [2.24, 2.45) is 0 Å². The predicted octanol–water partition coefficient (Wildman–Crippen LogP) is 4.30. The first kappa shape index (κ1) is 26.4. The number of aryl methyl sites for hydroxylation is 1. The van der Waals surface area contributed by atoms with Gasteiger partial charge in [-0.25, -0.2) is 19.3 Å². The number of anilines is 3. The zero-order valence-corrected chi connectivity index (χ0v) is 20.9. The molecule has 5 rings (SSSR count). The van der Waals surface area contributed by atoms with Gasteiger partial charge in [0.15, 0.2) is 5.82 Å². The minimum atomic E-state index is -4.54. The molecule has 1 fully saturated rings. The highest BCUT2D eigenvalue weighted by atomic mass is 19.4. The second-order valence-corrected chi connectivity index (χ2v) is 9.10. The lowest BCUT2D eigenvalue weighted by molar-refractivity contribution is -0.137. The Labute approximate surface area is 222 Å². The zero-order chi connectivity index (χ0) is 27.4. The Morgan fingerprint density at radius 2 is 1.82 bits per heavy atom. The Kier molecular flexibility index (Phi) is 7.61. The van der Waals surface area contributed by atoms with E-state index in [-0.39, 0.29) is 5.82 Å². The SMILES string of the molecule is Nc1ncnn2c(CCCN3CCOCC3)cc(-c3ccc(NC(=O)Nc4cc(C(F)(F)F)ccn4)cc3)c12. The lowest BCUT2D eigenvalue weighted by Gasteiger charge is -2.26. The van der Waals surface area contributed by atoms with Crippen molar-refractivity contribution in [3.63, 3.8) is 0 Å². The largest absolute Gasteiger partial charge is 0.416 e. The maximum Gasteiger partial charge on any atom is 0.416 e. The van der Waals surface area contributed by atoms with Gasteiger partial charge in [-0.2, -0.15) is 18.3 Å². The Balaban J connectivity index is 1.28. The molecule has 1 saturated heterocycles. The number of fused-ring (bicyclic) bond motifs is 1. The van der Waals surface area contributed by atoms with Crippen LogP contribution in [0, 0.1) is 0 Å². The van der Waals surface area contributed by atoms with E-state index in [2.05, 4.69) is 30.6 Å². The van der Waals surface area contributed by atoms with E-state index < -0.39 is 17.8 Å². The molecule has 10 nitrogen and oxygen atoms in total. The van der Waals surface area contributed by atoms with Crippen LogP contribution >= 0.6 is 0 Å². The molecule has 0 atom stereocenters. The van der Waals surface area contributed by atoms with Crippen molar-refractivity contribution in [3.8, 4) is 11.1 Å². The van der Waals surface area contributed by atoms with E-state index in [4.69, 9.17) is 10.5 Å². The maximum absolute atomic E-state index is 12.9. The Bertz CT molecular complexity index is 1450. The molecule has 13 heteroatoms. The molecule has 0 spiro atoms. The van der Waals surface area contributed by atoms with Gasteiger partial charge >= 0.3 is 12.2 Å². The number of carbonyl (C=O) groups excluding carboxylic acids is 1. The van der Waals surface area contributed by atoms with Crippen LogP contribution in [0.3, 0.4) is 0 Å². The molecule has 0 bridgehead atoms. The summed E-state index contributed by atoms with van der Waals surface area (Å²) >= 11 is 0. The number of nitrogen functional groups attached to an aromatic ring is 1. The molecule has 2 amide bonds. The number of alkyl halides is 3. The van der Waals surface area contributed by atoms with Crippen LogP contribution in [0.15, 0.2) is 55.0 Å². The Hall–Kier alpha value is -4.23. The van der Waals surface area contributed by atoms with Crippen LogP contribution in [0.4, 0.5) is 35.3 Å². The van der Waals surface area contributed by atoms with Gasteiger partial charge in [-0.3, -0.25) is 10.2 Å². The molecule has 4 heterocycles. The number of benzene rings is 1. The van der Waals surface area contributed by atoms with Crippen molar-refractivity contribution in [1.29, 1.82) is 0 Å². The molecule has 3 aromatic heterocycles. The van der Waals surface area contributed by atoms with Crippen LogP contribution in [0.25, 0.3) is 16.6 Å². The van der Waals surface area contributed by atoms with Gasteiger partial charge in [-0.15, -0.1) is 0 Å². The Morgan fingerprint density at radius 3 is 2.56 bits per heavy atom. The van der Waals surface area contributed by atoms with Gasteiger partial charge in [-0.1, -0.05) is 12.1 Å². The monoisotopic (exact) mass is 540 g/mol. The number of carbonyl (C=O) groups is 1. The fraction of sp³-hybridized carbons (Fsp3) is 0.308. The van der Waals surface area contributed by atoms with Gasteiger partial charge in [0.1, 0.15) is 17.7 Å². The van der Waals surface area contributed by atoms with Crippen molar-refractivity contribution >= 4 is 28.9 Å². The number of rotatable bonds is 7. The van der Waals surface area contributed by atoms with Crippen LogP contribution in [-0.2, 0) is 17.3 Å². The highest BCUT2D eigenvalue weighted by Crippen LogP contribution is 2.32. The molecule has 1 aliphatic rings.